The number of hydrogen-bond acceptors (Lipinski definition) is 4. The van der Waals surface area contributed by atoms with Crippen molar-refractivity contribution in [1.29, 1.82) is 0 Å². The number of hydrogen-bond donors (Lipinski definition) is 0. The molecule has 0 saturated carbocycles. The van der Waals surface area contributed by atoms with Crippen LogP contribution in [-0.2, 0) is 6.54 Å². The van der Waals surface area contributed by atoms with Crippen LogP contribution in [0.3, 0.4) is 0 Å². The molecule has 0 radical (unpaired) electrons. The maximum absolute atomic E-state index is 13.7. The Balaban J connectivity index is 1.75. The quantitative estimate of drug-likeness (QED) is 0.504. The van der Waals surface area contributed by atoms with Crippen molar-refractivity contribution in [2.45, 2.75) is 18.5 Å². The van der Waals surface area contributed by atoms with Crippen LogP contribution in [0.1, 0.15) is 23.1 Å². The Morgan fingerprint density at radius 3 is 2.23 bits per heavy atom. The second-order valence-corrected chi connectivity index (χ2v) is 7.39. The average Bonchev–Trinajstić information content (AvgIpc) is 3.25. The summed E-state index contributed by atoms with van der Waals surface area (Å²) in [6.07, 6.45) is 4.71. The molecule has 1 atom stereocenters. The number of fused-ring (bicyclic) bond motifs is 3. The Labute approximate surface area is 176 Å². The van der Waals surface area contributed by atoms with Gasteiger partial charge in [-0.3, -0.25) is 9.48 Å². The fourth-order valence-electron chi connectivity index (χ4n) is 4.28. The summed E-state index contributed by atoms with van der Waals surface area (Å²) in [7, 11) is 1.44. The van der Waals surface area contributed by atoms with Crippen molar-refractivity contribution < 1.29 is 13.5 Å². The maximum atomic E-state index is 13.7. The normalized spacial score (nSPS) is 14.9. The Morgan fingerprint density at radius 1 is 1.03 bits per heavy atom. The maximum Gasteiger partial charge on any atom is 0.242 e. The lowest BCUT2D eigenvalue weighted by Crippen LogP contribution is -2.33. The minimum absolute atomic E-state index is 0.157. The average molecular weight is 420 g/mol. The van der Waals surface area contributed by atoms with Gasteiger partial charge in [-0.15, -0.1) is 0 Å². The van der Waals surface area contributed by atoms with Crippen LogP contribution < -0.4 is 10.2 Å². The van der Waals surface area contributed by atoms with Gasteiger partial charge in [-0.2, -0.15) is 5.10 Å². The summed E-state index contributed by atoms with van der Waals surface area (Å²) in [4.78, 5) is 16.8. The zero-order chi connectivity index (χ0) is 21.5. The molecule has 8 heteroatoms. The number of methoxy groups -OCH3 is 1. The summed E-state index contributed by atoms with van der Waals surface area (Å²) >= 11 is 0. The third-order valence-electron chi connectivity index (χ3n) is 5.64. The van der Waals surface area contributed by atoms with E-state index in [2.05, 4.69) is 10.1 Å². The summed E-state index contributed by atoms with van der Waals surface area (Å²) in [6, 6.07) is 12.2. The van der Waals surface area contributed by atoms with E-state index in [9.17, 15) is 13.6 Å². The summed E-state index contributed by atoms with van der Waals surface area (Å²) in [5, 5.41) is 4.42. The molecule has 0 spiro atoms. The summed E-state index contributed by atoms with van der Waals surface area (Å²) in [5.74, 6) is -0.244. The van der Waals surface area contributed by atoms with Gasteiger partial charge in [-0.1, -0.05) is 24.3 Å². The first kappa shape index (κ1) is 19.2. The van der Waals surface area contributed by atoms with E-state index in [1.807, 2.05) is 10.8 Å². The monoisotopic (exact) mass is 420 g/mol. The molecule has 0 aliphatic carbocycles. The molecule has 0 unspecified atom stereocenters. The zero-order valence-electron chi connectivity index (χ0n) is 16.6. The summed E-state index contributed by atoms with van der Waals surface area (Å²) < 4.78 is 36.4. The fraction of sp³-hybridized carbons (Fsp3) is 0.174. The molecule has 2 aromatic carbocycles. The van der Waals surface area contributed by atoms with Crippen LogP contribution in [0.25, 0.3) is 11.5 Å². The van der Waals surface area contributed by atoms with E-state index in [1.165, 1.54) is 37.6 Å². The third kappa shape index (κ3) is 3.20. The van der Waals surface area contributed by atoms with Gasteiger partial charge in [-0.25, -0.2) is 13.8 Å². The lowest BCUT2D eigenvalue weighted by molar-refractivity contribution is 0.326. The first-order valence-corrected chi connectivity index (χ1v) is 9.75. The molecule has 3 heterocycles. The molecular weight excluding hydrogens is 402 g/mol. The van der Waals surface area contributed by atoms with Crippen molar-refractivity contribution in [3.63, 3.8) is 0 Å². The van der Waals surface area contributed by atoms with Crippen molar-refractivity contribution >= 4 is 0 Å². The lowest BCUT2D eigenvalue weighted by Gasteiger charge is -2.35. The molecule has 31 heavy (non-hydrogen) atoms. The predicted octanol–water partition coefficient (Wildman–Crippen LogP) is 3.78. The van der Waals surface area contributed by atoms with Gasteiger partial charge >= 0.3 is 0 Å². The summed E-state index contributed by atoms with van der Waals surface area (Å²) in [6.45, 7) is 0.501. The van der Waals surface area contributed by atoms with Crippen molar-refractivity contribution in [2.75, 3.05) is 7.11 Å². The van der Waals surface area contributed by atoms with Gasteiger partial charge in [0, 0.05) is 24.9 Å². The first-order valence-electron chi connectivity index (χ1n) is 9.75. The molecule has 0 amide bonds. The van der Waals surface area contributed by atoms with E-state index >= 15 is 0 Å². The highest BCUT2D eigenvalue weighted by Gasteiger charge is 2.35. The van der Waals surface area contributed by atoms with Crippen LogP contribution in [0.4, 0.5) is 8.78 Å². The number of aromatic nitrogens is 4. The number of halogens is 2. The Hall–Kier alpha value is -3.81. The molecule has 1 aliphatic heterocycles. The SMILES string of the molecule is COc1c2n(ncc1=O)[C@@H](C(c1ccc(F)cc1)c1ccc(F)cc1)Cn1ccnc1-2. The van der Waals surface area contributed by atoms with Gasteiger partial charge in [0.2, 0.25) is 5.43 Å². The van der Waals surface area contributed by atoms with E-state index in [-0.39, 0.29) is 34.8 Å². The lowest BCUT2D eigenvalue weighted by atomic mass is 9.84. The minimum Gasteiger partial charge on any atom is -0.491 e. The van der Waals surface area contributed by atoms with E-state index in [1.54, 1.807) is 35.1 Å². The van der Waals surface area contributed by atoms with Gasteiger partial charge < -0.3 is 9.30 Å². The van der Waals surface area contributed by atoms with E-state index in [0.717, 1.165) is 11.1 Å². The smallest absolute Gasteiger partial charge is 0.242 e. The van der Waals surface area contributed by atoms with Gasteiger partial charge in [-0.05, 0) is 35.4 Å². The van der Waals surface area contributed by atoms with Crippen LogP contribution in [0, 0.1) is 11.6 Å². The fourth-order valence-corrected chi connectivity index (χ4v) is 4.28. The van der Waals surface area contributed by atoms with Crippen LogP contribution in [0.2, 0.25) is 0 Å². The number of benzene rings is 2. The molecule has 6 nitrogen and oxygen atoms in total. The van der Waals surface area contributed by atoms with E-state index < -0.39 is 0 Å². The highest BCUT2D eigenvalue weighted by molar-refractivity contribution is 5.61. The molecule has 4 aromatic rings. The first-order chi connectivity index (χ1) is 15.1. The van der Waals surface area contributed by atoms with Crippen LogP contribution in [-0.4, -0.2) is 26.4 Å². The molecule has 2 aromatic heterocycles. The summed E-state index contributed by atoms with van der Waals surface area (Å²) in [5.41, 5.74) is 1.81. The number of ether oxygens (including phenoxy) is 1. The van der Waals surface area contributed by atoms with E-state index in [0.29, 0.717) is 18.1 Å². The second-order valence-electron chi connectivity index (χ2n) is 7.39. The van der Waals surface area contributed by atoms with Gasteiger partial charge in [0.25, 0.3) is 0 Å². The number of rotatable bonds is 4. The number of nitrogens with zero attached hydrogens (tertiary/aromatic N) is 4. The van der Waals surface area contributed by atoms with Crippen molar-refractivity contribution in [1.82, 2.24) is 19.3 Å². The molecule has 5 rings (SSSR count). The Morgan fingerprint density at radius 2 is 1.65 bits per heavy atom. The third-order valence-corrected chi connectivity index (χ3v) is 5.64. The van der Waals surface area contributed by atoms with Crippen molar-refractivity contribution in [3.8, 4) is 17.3 Å². The molecule has 0 bridgehead atoms. The van der Waals surface area contributed by atoms with Crippen LogP contribution in [0.5, 0.6) is 5.75 Å². The van der Waals surface area contributed by atoms with E-state index in [4.69, 9.17) is 4.74 Å². The topological polar surface area (TPSA) is 61.9 Å². The van der Waals surface area contributed by atoms with Crippen molar-refractivity contribution in [2.24, 2.45) is 0 Å². The highest BCUT2D eigenvalue weighted by Crippen LogP contribution is 2.42. The molecule has 0 saturated heterocycles. The molecule has 156 valence electrons. The van der Waals surface area contributed by atoms with Crippen LogP contribution in [0.15, 0.2) is 71.9 Å². The van der Waals surface area contributed by atoms with Gasteiger partial charge in [0.1, 0.15) is 17.3 Å². The molecule has 0 N–H and O–H groups in total. The zero-order valence-corrected chi connectivity index (χ0v) is 16.6. The van der Waals surface area contributed by atoms with Gasteiger partial charge in [0.05, 0.1) is 19.3 Å². The highest BCUT2D eigenvalue weighted by atomic mass is 19.1. The molecule has 1 aliphatic rings. The standard InChI is InChI=1S/C23H18F2N4O2/c1-31-22-19(30)12-27-29-18(13-28-11-10-26-23(28)21(22)29)20(14-2-6-16(24)7-3-14)15-4-8-17(25)9-5-15/h2-12,18,20H,13H2,1H3/t18-/m1/s1. The predicted molar refractivity (Wildman–Crippen MR) is 110 cm³/mol. The largest absolute Gasteiger partial charge is 0.491 e. The van der Waals surface area contributed by atoms with Gasteiger partial charge in [0.15, 0.2) is 11.6 Å². The number of imidazole rings is 1. The Kier molecular flexibility index (Phi) is 4.62. The Bertz CT molecular complexity index is 1250. The van der Waals surface area contributed by atoms with Crippen molar-refractivity contribution in [3.05, 3.63) is 100 Å². The second kappa shape index (κ2) is 7.46. The molecular formula is C23H18F2N4O2. The van der Waals surface area contributed by atoms with Crippen LogP contribution >= 0.6 is 0 Å². The minimum atomic E-state index is -0.343. The molecule has 0 fully saturated rings.